The lowest BCUT2D eigenvalue weighted by Crippen LogP contribution is -2.17. The number of ether oxygens (including phenoxy) is 1. The molecule has 0 fully saturated rings. The Hall–Kier alpha value is -1.91. The lowest BCUT2D eigenvalue weighted by Gasteiger charge is -2.17. The Balaban J connectivity index is 2.69. The number of fused-ring (bicyclic) bond motifs is 1. The molecule has 15 heavy (non-hydrogen) atoms. The fraction of sp³-hybridized carbons (Fsp3) is 0.300. The maximum absolute atomic E-state index is 11.6. The number of benzene rings is 1. The molecule has 0 aromatic heterocycles. The molecule has 1 aromatic carbocycles. The molecule has 0 aliphatic carbocycles. The monoisotopic (exact) mass is 207 g/mol. The Bertz CT molecular complexity index is 453. The quantitative estimate of drug-likeness (QED) is 0.520. The molecule has 0 N–H and O–H groups in total. The van der Waals surface area contributed by atoms with E-state index in [0.717, 1.165) is 5.56 Å². The predicted molar refractivity (Wildman–Crippen MR) is 52.3 cm³/mol. The number of ketones is 1. The Morgan fingerprint density at radius 1 is 1.47 bits per heavy atom. The Morgan fingerprint density at radius 2 is 2.20 bits per heavy atom. The highest BCUT2D eigenvalue weighted by atomic mass is 16.6. The lowest BCUT2D eigenvalue weighted by atomic mass is 9.99. The second kappa shape index (κ2) is 3.34. The van der Waals surface area contributed by atoms with Crippen molar-refractivity contribution in [1.82, 2.24) is 0 Å². The Labute approximate surface area is 85.8 Å². The molecule has 1 aromatic rings. The van der Waals surface area contributed by atoms with Crippen molar-refractivity contribution >= 4 is 11.5 Å². The van der Waals surface area contributed by atoms with Crippen LogP contribution in [0, 0.1) is 17.0 Å². The summed E-state index contributed by atoms with van der Waals surface area (Å²) in [6.07, 6.45) is 0.287. The zero-order valence-electron chi connectivity index (χ0n) is 8.15. The zero-order valence-corrected chi connectivity index (χ0v) is 8.15. The molecule has 78 valence electrons. The van der Waals surface area contributed by atoms with Gasteiger partial charge in [0, 0.05) is 12.5 Å². The van der Waals surface area contributed by atoms with Crippen molar-refractivity contribution in [2.45, 2.75) is 13.3 Å². The van der Waals surface area contributed by atoms with E-state index in [-0.39, 0.29) is 30.2 Å². The van der Waals surface area contributed by atoms with Crippen molar-refractivity contribution < 1.29 is 14.5 Å². The maximum Gasteiger partial charge on any atom is 0.311 e. The van der Waals surface area contributed by atoms with Crippen molar-refractivity contribution in [2.75, 3.05) is 6.61 Å². The van der Waals surface area contributed by atoms with Gasteiger partial charge in [0.25, 0.3) is 0 Å². The molecule has 0 amide bonds. The van der Waals surface area contributed by atoms with Gasteiger partial charge >= 0.3 is 5.69 Å². The molecule has 0 saturated carbocycles. The van der Waals surface area contributed by atoms with Gasteiger partial charge in [-0.3, -0.25) is 14.9 Å². The van der Waals surface area contributed by atoms with Gasteiger partial charge < -0.3 is 4.74 Å². The number of nitro benzene ring substituents is 1. The normalized spacial score (nSPS) is 14.3. The summed E-state index contributed by atoms with van der Waals surface area (Å²) >= 11 is 0. The van der Waals surface area contributed by atoms with Crippen LogP contribution in [0.2, 0.25) is 0 Å². The highest BCUT2D eigenvalue weighted by molar-refractivity contribution is 6.02. The fourth-order valence-electron chi connectivity index (χ4n) is 1.68. The van der Waals surface area contributed by atoms with Crippen LogP contribution in [0.25, 0.3) is 0 Å². The number of aryl methyl sites for hydroxylation is 1. The van der Waals surface area contributed by atoms with E-state index in [2.05, 4.69) is 0 Å². The topological polar surface area (TPSA) is 69.4 Å². The maximum atomic E-state index is 11.6. The summed E-state index contributed by atoms with van der Waals surface area (Å²) in [5, 5.41) is 10.7. The van der Waals surface area contributed by atoms with Gasteiger partial charge in [-0.15, -0.1) is 0 Å². The zero-order chi connectivity index (χ0) is 11.0. The van der Waals surface area contributed by atoms with Gasteiger partial charge in [-0.25, -0.2) is 0 Å². The fourth-order valence-corrected chi connectivity index (χ4v) is 1.68. The van der Waals surface area contributed by atoms with Gasteiger partial charge in [-0.2, -0.15) is 0 Å². The summed E-state index contributed by atoms with van der Waals surface area (Å²) < 4.78 is 5.20. The van der Waals surface area contributed by atoms with Crippen molar-refractivity contribution in [3.8, 4) is 5.75 Å². The third-order valence-corrected chi connectivity index (χ3v) is 2.40. The van der Waals surface area contributed by atoms with Crippen molar-refractivity contribution in [3.05, 3.63) is 33.4 Å². The first-order valence-corrected chi connectivity index (χ1v) is 4.55. The molecule has 1 heterocycles. The van der Waals surface area contributed by atoms with E-state index in [4.69, 9.17) is 4.74 Å². The minimum absolute atomic E-state index is 0.0857. The number of carbonyl (C=O) groups is 1. The van der Waals surface area contributed by atoms with Crippen LogP contribution in [0.15, 0.2) is 12.1 Å². The number of Topliss-reactive ketones (excluding diaryl/α,β-unsaturated/α-hetero) is 1. The molecule has 0 radical (unpaired) electrons. The molecule has 0 atom stereocenters. The van der Waals surface area contributed by atoms with Crippen LogP contribution in [-0.4, -0.2) is 17.3 Å². The SMILES string of the molecule is Cc1ccc([N+](=O)[O-])c2c1C(=O)CCO2. The standard InChI is InChI=1S/C10H9NO4/c1-6-2-3-7(11(13)14)10-9(6)8(12)4-5-15-10/h2-3H,4-5H2,1H3. The van der Waals surface area contributed by atoms with Gasteiger partial charge in [0.2, 0.25) is 5.75 Å². The van der Waals surface area contributed by atoms with E-state index < -0.39 is 4.92 Å². The molecular weight excluding hydrogens is 198 g/mol. The van der Waals surface area contributed by atoms with Gasteiger partial charge in [-0.1, -0.05) is 6.07 Å². The van der Waals surface area contributed by atoms with Crippen LogP contribution in [0.3, 0.4) is 0 Å². The van der Waals surface area contributed by atoms with Gasteiger partial charge in [0.1, 0.15) is 0 Å². The summed E-state index contributed by atoms with van der Waals surface area (Å²) in [5.74, 6) is 0.0358. The first-order valence-electron chi connectivity index (χ1n) is 4.55. The van der Waals surface area contributed by atoms with Gasteiger partial charge in [-0.05, 0) is 12.5 Å². The van der Waals surface area contributed by atoms with E-state index in [9.17, 15) is 14.9 Å². The van der Waals surface area contributed by atoms with Gasteiger partial charge in [0.15, 0.2) is 5.78 Å². The first kappa shape index (κ1) is 9.64. The third kappa shape index (κ3) is 1.45. The Kier molecular flexibility index (Phi) is 2.15. The number of hydrogen-bond donors (Lipinski definition) is 0. The minimum Gasteiger partial charge on any atom is -0.486 e. The highest BCUT2D eigenvalue weighted by Crippen LogP contribution is 2.36. The number of carbonyl (C=O) groups excluding carboxylic acids is 1. The lowest BCUT2D eigenvalue weighted by molar-refractivity contribution is -0.386. The molecule has 0 saturated heterocycles. The summed E-state index contributed by atoms with van der Waals surface area (Å²) in [5.41, 5.74) is 0.944. The summed E-state index contributed by atoms with van der Waals surface area (Å²) in [6, 6.07) is 2.94. The molecule has 5 nitrogen and oxygen atoms in total. The van der Waals surface area contributed by atoms with Crippen LogP contribution >= 0.6 is 0 Å². The molecule has 0 unspecified atom stereocenters. The predicted octanol–water partition coefficient (Wildman–Crippen LogP) is 1.87. The molecule has 1 aliphatic heterocycles. The molecule has 0 spiro atoms. The Morgan fingerprint density at radius 3 is 2.87 bits per heavy atom. The molecule has 1 aliphatic rings. The molecule has 0 bridgehead atoms. The van der Waals surface area contributed by atoms with Gasteiger partial charge in [0.05, 0.1) is 17.1 Å². The van der Waals surface area contributed by atoms with E-state index in [0.29, 0.717) is 5.56 Å². The summed E-state index contributed by atoms with van der Waals surface area (Å²) in [4.78, 5) is 21.8. The second-order valence-electron chi connectivity index (χ2n) is 3.38. The van der Waals surface area contributed by atoms with E-state index in [1.807, 2.05) is 0 Å². The van der Waals surface area contributed by atoms with Crippen LogP contribution in [-0.2, 0) is 0 Å². The summed E-state index contributed by atoms with van der Waals surface area (Å²) in [6.45, 7) is 1.96. The molecule has 2 rings (SSSR count). The number of nitro groups is 1. The first-order chi connectivity index (χ1) is 7.11. The van der Waals surface area contributed by atoms with E-state index >= 15 is 0 Å². The minimum atomic E-state index is -0.531. The van der Waals surface area contributed by atoms with E-state index in [1.165, 1.54) is 6.07 Å². The summed E-state index contributed by atoms with van der Waals surface area (Å²) in [7, 11) is 0. The average Bonchev–Trinajstić information content (AvgIpc) is 2.17. The number of rotatable bonds is 1. The van der Waals surface area contributed by atoms with Crippen molar-refractivity contribution in [2.24, 2.45) is 0 Å². The van der Waals surface area contributed by atoms with Crippen LogP contribution in [0.5, 0.6) is 5.75 Å². The van der Waals surface area contributed by atoms with Crippen LogP contribution in [0.1, 0.15) is 22.3 Å². The van der Waals surface area contributed by atoms with Crippen LogP contribution < -0.4 is 4.74 Å². The highest BCUT2D eigenvalue weighted by Gasteiger charge is 2.28. The molecular formula is C10H9NO4. The molecule has 5 heteroatoms. The average molecular weight is 207 g/mol. The van der Waals surface area contributed by atoms with Crippen molar-refractivity contribution in [3.63, 3.8) is 0 Å². The van der Waals surface area contributed by atoms with E-state index in [1.54, 1.807) is 13.0 Å². The number of hydrogen-bond acceptors (Lipinski definition) is 4. The number of nitrogens with zero attached hydrogens (tertiary/aromatic N) is 1. The van der Waals surface area contributed by atoms with Crippen LogP contribution in [0.4, 0.5) is 5.69 Å². The second-order valence-corrected chi connectivity index (χ2v) is 3.38. The van der Waals surface area contributed by atoms with Crippen molar-refractivity contribution in [1.29, 1.82) is 0 Å². The third-order valence-electron chi connectivity index (χ3n) is 2.40. The smallest absolute Gasteiger partial charge is 0.311 e. The largest absolute Gasteiger partial charge is 0.486 e.